The van der Waals surface area contributed by atoms with Crippen LogP contribution in [0, 0.1) is 0 Å². The van der Waals surface area contributed by atoms with Crippen molar-refractivity contribution < 1.29 is 13.5 Å². The van der Waals surface area contributed by atoms with E-state index in [1.165, 1.54) is 22.0 Å². The van der Waals surface area contributed by atoms with Crippen molar-refractivity contribution in [2.75, 3.05) is 5.73 Å². The first kappa shape index (κ1) is 13.5. The number of nitrogens with zero attached hydrogens (tertiary/aromatic N) is 3. The molecule has 0 aliphatic rings. The fourth-order valence-corrected chi connectivity index (χ4v) is 2.64. The van der Waals surface area contributed by atoms with Crippen LogP contribution >= 0.6 is 11.3 Å². The SMILES string of the molecule is Nc1nnc(-c2cccs2)n1-c1ccccc1OC(F)F. The summed E-state index contributed by atoms with van der Waals surface area (Å²) in [5.74, 6) is 0.591. The first-order valence-corrected chi connectivity index (χ1v) is 6.84. The van der Waals surface area contributed by atoms with Crippen LogP contribution in [0.4, 0.5) is 14.7 Å². The summed E-state index contributed by atoms with van der Waals surface area (Å²) in [7, 11) is 0. The van der Waals surface area contributed by atoms with Crippen LogP contribution in [0.15, 0.2) is 41.8 Å². The summed E-state index contributed by atoms with van der Waals surface area (Å²) in [5.41, 5.74) is 6.19. The predicted molar refractivity (Wildman–Crippen MR) is 75.7 cm³/mol. The van der Waals surface area contributed by atoms with E-state index in [2.05, 4.69) is 14.9 Å². The van der Waals surface area contributed by atoms with Crippen LogP contribution < -0.4 is 10.5 Å². The molecule has 2 aromatic heterocycles. The summed E-state index contributed by atoms with van der Waals surface area (Å²) in [5, 5.41) is 9.71. The van der Waals surface area contributed by atoms with Gasteiger partial charge in [-0.15, -0.1) is 21.5 Å². The van der Waals surface area contributed by atoms with E-state index in [9.17, 15) is 8.78 Å². The quantitative estimate of drug-likeness (QED) is 0.804. The van der Waals surface area contributed by atoms with Gasteiger partial charge in [-0.3, -0.25) is 4.57 Å². The van der Waals surface area contributed by atoms with Crippen LogP contribution in [0.2, 0.25) is 0 Å². The monoisotopic (exact) mass is 308 g/mol. The van der Waals surface area contributed by atoms with Crippen molar-refractivity contribution in [2.24, 2.45) is 0 Å². The highest BCUT2D eigenvalue weighted by molar-refractivity contribution is 7.13. The van der Waals surface area contributed by atoms with E-state index >= 15 is 0 Å². The third kappa shape index (κ3) is 2.57. The largest absolute Gasteiger partial charge is 0.433 e. The molecule has 0 fully saturated rings. The van der Waals surface area contributed by atoms with Gasteiger partial charge < -0.3 is 10.5 Å². The molecular formula is C13H10F2N4OS. The summed E-state index contributed by atoms with van der Waals surface area (Å²) >= 11 is 1.45. The number of benzene rings is 1. The molecular weight excluding hydrogens is 298 g/mol. The van der Waals surface area contributed by atoms with Crippen molar-refractivity contribution in [1.82, 2.24) is 14.8 Å². The summed E-state index contributed by atoms with van der Waals surface area (Å²) in [4.78, 5) is 0.825. The van der Waals surface area contributed by atoms with Crippen LogP contribution in [-0.4, -0.2) is 21.4 Å². The molecule has 0 radical (unpaired) electrons. The summed E-state index contributed by atoms with van der Waals surface area (Å²) in [6.07, 6.45) is 0. The molecule has 8 heteroatoms. The van der Waals surface area contributed by atoms with Gasteiger partial charge in [0.05, 0.1) is 10.6 Å². The summed E-state index contributed by atoms with van der Waals surface area (Å²) in [6, 6.07) is 10.1. The smallest absolute Gasteiger partial charge is 0.387 e. The zero-order valence-electron chi connectivity index (χ0n) is 10.6. The molecule has 108 valence electrons. The fraction of sp³-hybridized carbons (Fsp3) is 0.0769. The molecule has 0 unspecified atom stereocenters. The number of alkyl halides is 2. The first-order chi connectivity index (χ1) is 10.2. The number of anilines is 1. The van der Waals surface area contributed by atoms with E-state index in [0.717, 1.165) is 4.88 Å². The van der Waals surface area contributed by atoms with Crippen LogP contribution in [0.1, 0.15) is 0 Å². The number of para-hydroxylation sites is 2. The molecule has 0 atom stereocenters. The highest BCUT2D eigenvalue weighted by Crippen LogP contribution is 2.32. The van der Waals surface area contributed by atoms with E-state index < -0.39 is 6.61 Å². The maximum atomic E-state index is 12.5. The number of hydrogen-bond acceptors (Lipinski definition) is 5. The Bertz CT molecular complexity index is 742. The van der Waals surface area contributed by atoms with E-state index in [1.54, 1.807) is 18.2 Å². The summed E-state index contributed by atoms with van der Waals surface area (Å²) in [6.45, 7) is -2.92. The van der Waals surface area contributed by atoms with Crippen LogP contribution in [0.5, 0.6) is 5.75 Å². The lowest BCUT2D eigenvalue weighted by molar-refractivity contribution is -0.0498. The molecule has 2 heterocycles. The lowest BCUT2D eigenvalue weighted by atomic mass is 10.3. The molecule has 0 bridgehead atoms. The molecule has 0 aliphatic carbocycles. The zero-order chi connectivity index (χ0) is 14.8. The minimum atomic E-state index is -2.92. The lowest BCUT2D eigenvalue weighted by Crippen LogP contribution is -2.08. The Morgan fingerprint density at radius 2 is 1.95 bits per heavy atom. The first-order valence-electron chi connectivity index (χ1n) is 5.96. The number of thiophene rings is 1. The zero-order valence-corrected chi connectivity index (χ0v) is 11.4. The standard InChI is InChI=1S/C13H10F2N4OS/c14-12(15)20-9-5-2-1-4-8(9)19-11(17-18-13(19)16)10-6-3-7-21-10/h1-7,12H,(H2,16,18). The van der Waals surface area contributed by atoms with Crippen LogP contribution in [-0.2, 0) is 0 Å². The number of aromatic nitrogens is 3. The van der Waals surface area contributed by atoms with Crippen molar-refractivity contribution >= 4 is 17.3 Å². The van der Waals surface area contributed by atoms with Crippen LogP contribution in [0.3, 0.4) is 0 Å². The second-order valence-corrected chi connectivity index (χ2v) is 4.99. The van der Waals surface area contributed by atoms with Gasteiger partial charge in [-0.25, -0.2) is 0 Å². The number of rotatable bonds is 4. The van der Waals surface area contributed by atoms with Gasteiger partial charge in [0.15, 0.2) is 5.82 Å². The molecule has 0 aliphatic heterocycles. The number of ether oxygens (including phenoxy) is 1. The molecule has 0 amide bonds. The summed E-state index contributed by atoms with van der Waals surface area (Å²) < 4.78 is 31.1. The molecule has 0 saturated carbocycles. The molecule has 3 aromatic rings. The average molecular weight is 308 g/mol. The second kappa shape index (κ2) is 5.49. The Kier molecular flexibility index (Phi) is 3.53. The van der Waals surface area contributed by atoms with Gasteiger partial charge in [0.2, 0.25) is 5.95 Å². The molecule has 5 nitrogen and oxygen atoms in total. The van der Waals surface area contributed by atoms with Gasteiger partial charge in [-0.05, 0) is 23.6 Å². The fourth-order valence-electron chi connectivity index (χ4n) is 1.94. The van der Waals surface area contributed by atoms with Gasteiger partial charge in [0, 0.05) is 0 Å². The topological polar surface area (TPSA) is 66.0 Å². The molecule has 2 N–H and O–H groups in total. The molecule has 0 saturated heterocycles. The predicted octanol–water partition coefficient (Wildman–Crippen LogP) is 3.18. The van der Waals surface area contributed by atoms with Crippen molar-refractivity contribution in [2.45, 2.75) is 6.61 Å². The normalized spacial score (nSPS) is 11.0. The van der Waals surface area contributed by atoms with Gasteiger partial charge >= 0.3 is 6.61 Å². The molecule has 1 aromatic carbocycles. The maximum absolute atomic E-state index is 12.5. The van der Waals surface area contributed by atoms with Crippen molar-refractivity contribution in [3.63, 3.8) is 0 Å². The Morgan fingerprint density at radius 1 is 1.14 bits per heavy atom. The molecule has 3 rings (SSSR count). The molecule has 0 spiro atoms. The Morgan fingerprint density at radius 3 is 2.67 bits per heavy atom. The highest BCUT2D eigenvalue weighted by Gasteiger charge is 2.18. The van der Waals surface area contributed by atoms with Gasteiger partial charge in [0.1, 0.15) is 5.75 Å². The van der Waals surface area contributed by atoms with Crippen molar-refractivity contribution in [3.05, 3.63) is 41.8 Å². The van der Waals surface area contributed by atoms with E-state index in [4.69, 9.17) is 5.73 Å². The van der Waals surface area contributed by atoms with Gasteiger partial charge in [0.25, 0.3) is 0 Å². The number of nitrogen functional groups attached to an aromatic ring is 1. The van der Waals surface area contributed by atoms with E-state index in [-0.39, 0.29) is 11.7 Å². The minimum absolute atomic E-state index is 0.0109. The van der Waals surface area contributed by atoms with Crippen LogP contribution in [0.25, 0.3) is 16.4 Å². The van der Waals surface area contributed by atoms with Gasteiger partial charge in [-0.2, -0.15) is 8.78 Å². The Balaban J connectivity index is 2.15. The number of hydrogen-bond donors (Lipinski definition) is 1. The molecule has 21 heavy (non-hydrogen) atoms. The third-order valence-corrected chi connectivity index (χ3v) is 3.62. The average Bonchev–Trinajstić information content (AvgIpc) is 3.08. The van der Waals surface area contributed by atoms with E-state index in [0.29, 0.717) is 11.5 Å². The number of halogens is 2. The van der Waals surface area contributed by atoms with Crippen molar-refractivity contribution in [1.29, 1.82) is 0 Å². The highest BCUT2D eigenvalue weighted by atomic mass is 32.1. The lowest BCUT2D eigenvalue weighted by Gasteiger charge is -2.13. The van der Waals surface area contributed by atoms with Crippen molar-refractivity contribution in [3.8, 4) is 22.1 Å². The number of nitrogens with two attached hydrogens (primary N) is 1. The Labute approximate surface area is 122 Å². The second-order valence-electron chi connectivity index (χ2n) is 4.04. The van der Waals surface area contributed by atoms with E-state index in [1.807, 2.05) is 17.5 Å². The Hall–Kier alpha value is -2.48. The third-order valence-electron chi connectivity index (χ3n) is 2.75. The minimum Gasteiger partial charge on any atom is -0.433 e. The maximum Gasteiger partial charge on any atom is 0.387 e. The van der Waals surface area contributed by atoms with Gasteiger partial charge in [-0.1, -0.05) is 18.2 Å².